The van der Waals surface area contributed by atoms with Gasteiger partial charge in [0.05, 0.1) is 13.5 Å². The van der Waals surface area contributed by atoms with E-state index in [-0.39, 0.29) is 12.3 Å². The number of carbonyl (C=O) groups is 2. The van der Waals surface area contributed by atoms with Gasteiger partial charge in [-0.25, -0.2) is 0 Å². The first-order chi connectivity index (χ1) is 11.1. The normalized spacial score (nSPS) is 16.0. The van der Waals surface area contributed by atoms with Crippen LogP contribution in [-0.2, 0) is 22.4 Å². The molecule has 0 aromatic heterocycles. The number of para-hydroxylation sites is 1. The molecule has 0 saturated heterocycles. The molecule has 0 fully saturated rings. The van der Waals surface area contributed by atoms with Gasteiger partial charge in [-0.3, -0.25) is 14.5 Å². The zero-order valence-electron chi connectivity index (χ0n) is 12.9. The van der Waals surface area contributed by atoms with Crippen molar-refractivity contribution in [3.63, 3.8) is 0 Å². The van der Waals surface area contributed by atoms with Crippen molar-refractivity contribution in [2.24, 2.45) is 5.73 Å². The quantitative estimate of drug-likeness (QED) is 0.934. The van der Waals surface area contributed by atoms with Crippen LogP contribution in [0.5, 0.6) is 5.75 Å². The predicted molar refractivity (Wildman–Crippen MR) is 87.3 cm³/mol. The Morgan fingerprint density at radius 2 is 1.87 bits per heavy atom. The van der Waals surface area contributed by atoms with Gasteiger partial charge >= 0.3 is 0 Å². The fourth-order valence-corrected chi connectivity index (χ4v) is 2.93. The number of rotatable bonds is 4. The summed E-state index contributed by atoms with van der Waals surface area (Å²) in [4.78, 5) is 26.0. The lowest BCUT2D eigenvalue weighted by atomic mass is 10.1. The van der Waals surface area contributed by atoms with E-state index in [1.807, 2.05) is 48.5 Å². The second-order valence-corrected chi connectivity index (χ2v) is 5.54. The van der Waals surface area contributed by atoms with Crippen LogP contribution in [-0.4, -0.2) is 25.0 Å². The van der Waals surface area contributed by atoms with Crippen LogP contribution >= 0.6 is 0 Å². The highest BCUT2D eigenvalue weighted by molar-refractivity contribution is 6.03. The second kappa shape index (κ2) is 6.12. The Hall–Kier alpha value is -2.82. The number of ether oxygens (including phenoxy) is 1. The minimum absolute atomic E-state index is 0.135. The number of hydrogen-bond acceptors (Lipinski definition) is 3. The van der Waals surface area contributed by atoms with Gasteiger partial charge in [0.25, 0.3) is 0 Å². The topological polar surface area (TPSA) is 72.6 Å². The first-order valence-electron chi connectivity index (χ1n) is 7.42. The van der Waals surface area contributed by atoms with E-state index in [1.54, 1.807) is 7.11 Å². The first-order valence-corrected chi connectivity index (χ1v) is 7.42. The van der Waals surface area contributed by atoms with Crippen LogP contribution in [0.15, 0.2) is 48.5 Å². The summed E-state index contributed by atoms with van der Waals surface area (Å²) >= 11 is 0. The van der Waals surface area contributed by atoms with Crippen LogP contribution in [0.1, 0.15) is 11.1 Å². The molecular formula is C18H18N2O3. The average molecular weight is 310 g/mol. The molecule has 0 spiro atoms. The van der Waals surface area contributed by atoms with E-state index in [9.17, 15) is 9.59 Å². The molecule has 2 N–H and O–H groups in total. The Bertz CT molecular complexity index is 740. The SMILES string of the molecule is COc1ccc(CC(=O)N2c3ccccc3CC2C(N)=O)cc1. The first kappa shape index (κ1) is 15.1. The molecule has 1 unspecified atom stereocenters. The molecule has 5 heteroatoms. The molecule has 5 nitrogen and oxygen atoms in total. The maximum Gasteiger partial charge on any atom is 0.240 e. The van der Waals surface area contributed by atoms with Gasteiger partial charge in [-0.15, -0.1) is 0 Å². The monoisotopic (exact) mass is 310 g/mol. The van der Waals surface area contributed by atoms with Gasteiger partial charge in [0.2, 0.25) is 11.8 Å². The number of carbonyl (C=O) groups excluding carboxylic acids is 2. The average Bonchev–Trinajstić information content (AvgIpc) is 2.95. The lowest BCUT2D eigenvalue weighted by Gasteiger charge is -2.23. The molecule has 2 aromatic rings. The summed E-state index contributed by atoms with van der Waals surface area (Å²) in [6.07, 6.45) is 0.683. The maximum atomic E-state index is 12.7. The van der Waals surface area contributed by atoms with Gasteiger partial charge in [-0.1, -0.05) is 30.3 Å². The number of nitrogens with zero attached hydrogens (tertiary/aromatic N) is 1. The number of fused-ring (bicyclic) bond motifs is 1. The minimum Gasteiger partial charge on any atom is -0.497 e. The van der Waals surface area contributed by atoms with Crippen molar-refractivity contribution in [1.29, 1.82) is 0 Å². The summed E-state index contributed by atoms with van der Waals surface area (Å²) in [6.45, 7) is 0. The second-order valence-electron chi connectivity index (χ2n) is 5.54. The highest BCUT2D eigenvalue weighted by atomic mass is 16.5. The maximum absolute atomic E-state index is 12.7. The molecule has 2 aromatic carbocycles. The summed E-state index contributed by atoms with van der Waals surface area (Å²) in [6, 6.07) is 14.2. The van der Waals surface area contributed by atoms with E-state index < -0.39 is 11.9 Å². The number of benzene rings is 2. The van der Waals surface area contributed by atoms with Crippen LogP contribution in [0.25, 0.3) is 0 Å². The zero-order valence-corrected chi connectivity index (χ0v) is 12.9. The fourth-order valence-electron chi connectivity index (χ4n) is 2.93. The summed E-state index contributed by atoms with van der Waals surface area (Å²) in [5, 5.41) is 0. The van der Waals surface area contributed by atoms with Gasteiger partial charge in [0, 0.05) is 12.1 Å². The van der Waals surface area contributed by atoms with E-state index >= 15 is 0 Å². The Morgan fingerprint density at radius 3 is 2.52 bits per heavy atom. The third-order valence-electron chi connectivity index (χ3n) is 4.09. The number of hydrogen-bond donors (Lipinski definition) is 1. The summed E-state index contributed by atoms with van der Waals surface area (Å²) in [5.41, 5.74) is 8.10. The van der Waals surface area contributed by atoms with Gasteiger partial charge in [-0.05, 0) is 29.3 Å². The molecule has 0 radical (unpaired) electrons. The third-order valence-corrected chi connectivity index (χ3v) is 4.09. The molecule has 1 aliphatic rings. The molecule has 0 aliphatic carbocycles. The number of methoxy groups -OCH3 is 1. The Morgan fingerprint density at radius 1 is 1.17 bits per heavy atom. The van der Waals surface area contributed by atoms with Crippen molar-refractivity contribution < 1.29 is 14.3 Å². The van der Waals surface area contributed by atoms with Crippen molar-refractivity contribution in [3.05, 3.63) is 59.7 Å². The van der Waals surface area contributed by atoms with E-state index in [0.29, 0.717) is 6.42 Å². The number of nitrogens with two attached hydrogens (primary N) is 1. The van der Waals surface area contributed by atoms with Crippen molar-refractivity contribution >= 4 is 17.5 Å². The fraction of sp³-hybridized carbons (Fsp3) is 0.222. The lowest BCUT2D eigenvalue weighted by molar-refractivity contribution is -0.124. The summed E-state index contributed by atoms with van der Waals surface area (Å²) in [7, 11) is 1.60. The van der Waals surface area contributed by atoms with Gasteiger partial charge in [0.15, 0.2) is 0 Å². The molecule has 23 heavy (non-hydrogen) atoms. The smallest absolute Gasteiger partial charge is 0.240 e. The lowest BCUT2D eigenvalue weighted by Crippen LogP contribution is -2.46. The van der Waals surface area contributed by atoms with E-state index in [0.717, 1.165) is 22.6 Å². The molecule has 1 heterocycles. The minimum atomic E-state index is -0.613. The number of amides is 2. The third kappa shape index (κ3) is 2.90. The van der Waals surface area contributed by atoms with E-state index in [1.165, 1.54) is 4.90 Å². The largest absolute Gasteiger partial charge is 0.497 e. The Labute approximate surface area is 134 Å². The van der Waals surface area contributed by atoms with Gasteiger partial charge < -0.3 is 10.5 Å². The number of primary amides is 1. The molecular weight excluding hydrogens is 292 g/mol. The van der Waals surface area contributed by atoms with Crippen LogP contribution in [0.2, 0.25) is 0 Å². The van der Waals surface area contributed by atoms with Gasteiger partial charge in [0.1, 0.15) is 11.8 Å². The van der Waals surface area contributed by atoms with Crippen LogP contribution in [0.4, 0.5) is 5.69 Å². The highest BCUT2D eigenvalue weighted by Gasteiger charge is 2.36. The molecule has 1 atom stereocenters. The van der Waals surface area contributed by atoms with Crippen LogP contribution < -0.4 is 15.4 Å². The van der Waals surface area contributed by atoms with Crippen molar-refractivity contribution in [2.75, 3.05) is 12.0 Å². The molecule has 2 amide bonds. The standard InChI is InChI=1S/C18H18N2O3/c1-23-14-8-6-12(7-9-14)10-17(21)20-15-5-3-2-4-13(15)11-16(20)18(19)22/h2-9,16H,10-11H2,1H3,(H2,19,22). The Balaban J connectivity index is 1.85. The van der Waals surface area contributed by atoms with Gasteiger partial charge in [-0.2, -0.15) is 0 Å². The summed E-state index contributed by atoms with van der Waals surface area (Å²) in [5.74, 6) is 0.121. The molecule has 3 rings (SSSR count). The van der Waals surface area contributed by atoms with Crippen molar-refractivity contribution in [1.82, 2.24) is 0 Å². The molecule has 0 saturated carbocycles. The molecule has 118 valence electrons. The summed E-state index contributed by atoms with van der Waals surface area (Å²) < 4.78 is 5.11. The highest BCUT2D eigenvalue weighted by Crippen LogP contribution is 2.32. The Kier molecular flexibility index (Phi) is 4.02. The molecule has 1 aliphatic heterocycles. The van der Waals surface area contributed by atoms with Crippen molar-refractivity contribution in [2.45, 2.75) is 18.9 Å². The zero-order chi connectivity index (χ0) is 16.4. The van der Waals surface area contributed by atoms with E-state index in [2.05, 4.69) is 0 Å². The van der Waals surface area contributed by atoms with Crippen LogP contribution in [0.3, 0.4) is 0 Å². The predicted octanol–water partition coefficient (Wildman–Crippen LogP) is 1.68. The molecule has 0 bridgehead atoms. The number of anilines is 1. The van der Waals surface area contributed by atoms with E-state index in [4.69, 9.17) is 10.5 Å². The van der Waals surface area contributed by atoms with Crippen molar-refractivity contribution in [3.8, 4) is 5.75 Å². The van der Waals surface area contributed by atoms with Crippen LogP contribution in [0, 0.1) is 0 Å².